The maximum atomic E-state index is 4.32. The molecule has 2 aromatic heterocycles. The van der Waals surface area contributed by atoms with Gasteiger partial charge in [0.1, 0.15) is 0 Å². The number of halogens is 1. The quantitative estimate of drug-likeness (QED) is 0.446. The van der Waals surface area contributed by atoms with Crippen LogP contribution in [0.2, 0.25) is 0 Å². The highest BCUT2D eigenvalue weighted by atomic mass is 79.9. The predicted octanol–water partition coefficient (Wildman–Crippen LogP) is 3.43. The number of fused-ring (bicyclic) bond motifs is 1. The van der Waals surface area contributed by atoms with Gasteiger partial charge in [-0.15, -0.1) is 10.2 Å². The molecule has 6 nitrogen and oxygen atoms in total. The fraction of sp³-hybridized carbons (Fsp3) is 0.350. The Labute approximate surface area is 168 Å². The van der Waals surface area contributed by atoms with Crippen LogP contribution in [0.3, 0.4) is 0 Å². The van der Waals surface area contributed by atoms with Gasteiger partial charge >= 0.3 is 0 Å². The molecule has 2 heterocycles. The van der Waals surface area contributed by atoms with Crippen molar-refractivity contribution in [3.63, 3.8) is 0 Å². The van der Waals surface area contributed by atoms with Gasteiger partial charge in [0.2, 0.25) is 0 Å². The van der Waals surface area contributed by atoms with Gasteiger partial charge in [0, 0.05) is 24.3 Å². The molecular weight excluding hydrogens is 404 g/mol. The van der Waals surface area contributed by atoms with Crippen LogP contribution in [0.25, 0.3) is 5.65 Å². The summed E-state index contributed by atoms with van der Waals surface area (Å²) in [4.78, 5) is 4.32. The smallest absolute Gasteiger partial charge is 0.191 e. The molecule has 1 aromatic carbocycles. The zero-order chi connectivity index (χ0) is 19.1. The summed E-state index contributed by atoms with van der Waals surface area (Å²) in [6, 6.07) is 14.4. The summed E-state index contributed by atoms with van der Waals surface area (Å²) in [6.45, 7) is 3.65. The van der Waals surface area contributed by atoms with Crippen LogP contribution in [0.1, 0.15) is 24.7 Å². The van der Waals surface area contributed by atoms with E-state index in [2.05, 4.69) is 72.9 Å². The maximum absolute atomic E-state index is 4.32. The second-order valence-electron chi connectivity index (χ2n) is 6.46. The third-order valence-electron chi connectivity index (χ3n) is 4.57. The van der Waals surface area contributed by atoms with Crippen molar-refractivity contribution >= 4 is 27.5 Å². The minimum Gasteiger partial charge on any atom is -0.356 e. The average Bonchev–Trinajstić information content (AvgIpc) is 3.10. The molecule has 0 saturated heterocycles. The van der Waals surface area contributed by atoms with Crippen LogP contribution in [0.5, 0.6) is 0 Å². The second kappa shape index (κ2) is 9.50. The maximum Gasteiger partial charge on any atom is 0.191 e. The average molecular weight is 429 g/mol. The van der Waals surface area contributed by atoms with Crippen molar-refractivity contribution in [3.05, 3.63) is 64.5 Å². The summed E-state index contributed by atoms with van der Waals surface area (Å²) in [5, 5.41) is 15.2. The lowest BCUT2D eigenvalue weighted by Crippen LogP contribution is -2.40. The molecule has 7 heteroatoms. The van der Waals surface area contributed by atoms with E-state index in [9.17, 15) is 0 Å². The second-order valence-corrected chi connectivity index (χ2v) is 7.38. The molecule has 3 aromatic rings. The summed E-state index contributed by atoms with van der Waals surface area (Å²) < 4.78 is 3.10. The van der Waals surface area contributed by atoms with E-state index < -0.39 is 0 Å². The molecule has 2 N–H and O–H groups in total. The van der Waals surface area contributed by atoms with Gasteiger partial charge < -0.3 is 10.6 Å². The Balaban J connectivity index is 1.53. The molecule has 0 amide bonds. The number of benzene rings is 1. The number of aliphatic imine (C=N–C) groups is 1. The van der Waals surface area contributed by atoms with E-state index in [1.54, 1.807) is 7.05 Å². The largest absolute Gasteiger partial charge is 0.356 e. The highest BCUT2D eigenvalue weighted by molar-refractivity contribution is 9.10. The van der Waals surface area contributed by atoms with Crippen molar-refractivity contribution in [2.75, 3.05) is 13.6 Å². The van der Waals surface area contributed by atoms with Crippen LogP contribution in [0.15, 0.2) is 58.1 Å². The highest BCUT2D eigenvalue weighted by Gasteiger charge is 2.10. The Bertz CT molecular complexity index is 904. The molecule has 142 valence electrons. The first-order valence-electron chi connectivity index (χ1n) is 9.17. The van der Waals surface area contributed by atoms with Crippen LogP contribution >= 0.6 is 15.9 Å². The minimum absolute atomic E-state index is 0.534. The van der Waals surface area contributed by atoms with Gasteiger partial charge in [-0.3, -0.25) is 9.39 Å². The first-order valence-corrected chi connectivity index (χ1v) is 9.96. The molecule has 0 aliphatic carbocycles. The molecular formula is C20H25BrN6. The first-order chi connectivity index (χ1) is 13.2. The van der Waals surface area contributed by atoms with E-state index in [4.69, 9.17) is 0 Å². The fourth-order valence-corrected chi connectivity index (χ4v) is 3.44. The number of hydrogen-bond acceptors (Lipinski definition) is 3. The molecule has 0 aliphatic rings. The lowest BCUT2D eigenvalue weighted by atomic mass is 9.97. The molecule has 0 fully saturated rings. The first kappa shape index (κ1) is 19.4. The van der Waals surface area contributed by atoms with E-state index in [1.807, 2.05) is 28.8 Å². The van der Waals surface area contributed by atoms with E-state index >= 15 is 0 Å². The Morgan fingerprint density at radius 1 is 1.19 bits per heavy atom. The van der Waals surface area contributed by atoms with Crippen LogP contribution in [-0.4, -0.2) is 34.2 Å². The highest BCUT2D eigenvalue weighted by Crippen LogP contribution is 2.16. The van der Waals surface area contributed by atoms with Gasteiger partial charge in [-0.2, -0.15) is 0 Å². The summed E-state index contributed by atoms with van der Waals surface area (Å²) in [7, 11) is 1.78. The monoisotopic (exact) mass is 428 g/mol. The summed E-state index contributed by atoms with van der Waals surface area (Å²) in [6.07, 6.45) is 4.10. The SMILES string of the molecule is CCC(CNC(=NC)NCc1nnc2ccccn12)Cc1cccc(Br)c1. The zero-order valence-corrected chi connectivity index (χ0v) is 17.3. The Morgan fingerprint density at radius 3 is 2.85 bits per heavy atom. The third-order valence-corrected chi connectivity index (χ3v) is 5.06. The summed E-state index contributed by atoms with van der Waals surface area (Å²) in [5.41, 5.74) is 2.19. The number of nitrogens with zero attached hydrogens (tertiary/aromatic N) is 4. The minimum atomic E-state index is 0.534. The van der Waals surface area contributed by atoms with Gasteiger partial charge in [-0.25, -0.2) is 0 Å². The van der Waals surface area contributed by atoms with E-state index in [-0.39, 0.29) is 0 Å². The van der Waals surface area contributed by atoms with Crippen LogP contribution in [-0.2, 0) is 13.0 Å². The Morgan fingerprint density at radius 2 is 2.07 bits per heavy atom. The van der Waals surface area contributed by atoms with Gasteiger partial charge in [0.15, 0.2) is 17.4 Å². The van der Waals surface area contributed by atoms with Gasteiger partial charge in [0.25, 0.3) is 0 Å². The topological polar surface area (TPSA) is 66.6 Å². The third kappa shape index (κ3) is 5.29. The molecule has 0 saturated carbocycles. The Hall–Kier alpha value is -2.41. The number of hydrogen-bond donors (Lipinski definition) is 2. The van der Waals surface area contributed by atoms with E-state index in [0.717, 1.165) is 41.3 Å². The standard InChI is InChI=1S/C20H25BrN6/c1-3-15(11-16-7-6-8-17(21)12-16)13-23-20(22-2)24-14-19-26-25-18-9-4-5-10-27(18)19/h4-10,12,15H,3,11,13-14H2,1-2H3,(H2,22,23,24). The molecule has 1 unspecified atom stereocenters. The molecule has 0 radical (unpaired) electrons. The molecule has 0 bridgehead atoms. The molecule has 3 rings (SSSR count). The molecule has 0 aliphatic heterocycles. The van der Waals surface area contributed by atoms with Gasteiger partial charge in [-0.05, 0) is 42.2 Å². The van der Waals surface area contributed by atoms with Crippen molar-refractivity contribution in [1.29, 1.82) is 0 Å². The van der Waals surface area contributed by atoms with Gasteiger partial charge in [-0.1, -0.05) is 47.5 Å². The molecule has 1 atom stereocenters. The molecule has 27 heavy (non-hydrogen) atoms. The van der Waals surface area contributed by atoms with Crippen molar-refractivity contribution in [3.8, 4) is 0 Å². The van der Waals surface area contributed by atoms with Crippen LogP contribution in [0.4, 0.5) is 0 Å². The van der Waals surface area contributed by atoms with Crippen molar-refractivity contribution < 1.29 is 0 Å². The molecule has 0 spiro atoms. The number of pyridine rings is 1. The van der Waals surface area contributed by atoms with E-state index in [1.165, 1.54) is 5.56 Å². The number of aromatic nitrogens is 3. The van der Waals surface area contributed by atoms with Crippen LogP contribution < -0.4 is 10.6 Å². The number of guanidine groups is 1. The summed E-state index contributed by atoms with van der Waals surface area (Å²) >= 11 is 3.55. The zero-order valence-electron chi connectivity index (χ0n) is 15.7. The van der Waals surface area contributed by atoms with Crippen molar-refractivity contribution in [1.82, 2.24) is 25.2 Å². The number of nitrogens with one attached hydrogen (secondary N) is 2. The van der Waals surface area contributed by atoms with Crippen molar-refractivity contribution in [2.45, 2.75) is 26.3 Å². The lowest BCUT2D eigenvalue weighted by molar-refractivity contribution is 0.493. The lowest BCUT2D eigenvalue weighted by Gasteiger charge is -2.18. The predicted molar refractivity (Wildman–Crippen MR) is 113 cm³/mol. The van der Waals surface area contributed by atoms with Crippen LogP contribution in [0, 0.1) is 5.92 Å². The van der Waals surface area contributed by atoms with E-state index in [0.29, 0.717) is 12.5 Å². The van der Waals surface area contributed by atoms with Crippen molar-refractivity contribution in [2.24, 2.45) is 10.9 Å². The number of rotatable bonds is 7. The fourth-order valence-electron chi connectivity index (χ4n) is 2.99. The normalized spacial score (nSPS) is 12.9. The Kier molecular flexibility index (Phi) is 6.81. The summed E-state index contributed by atoms with van der Waals surface area (Å²) in [5.74, 6) is 2.16. The van der Waals surface area contributed by atoms with Gasteiger partial charge in [0.05, 0.1) is 6.54 Å².